The highest BCUT2D eigenvalue weighted by Crippen LogP contribution is 2.40. The summed E-state index contributed by atoms with van der Waals surface area (Å²) in [5, 5.41) is 25.4. The van der Waals surface area contributed by atoms with E-state index in [9.17, 15) is 20.2 Å². The molecule has 1 N–H and O–H groups in total. The molecule has 0 bridgehead atoms. The van der Waals surface area contributed by atoms with E-state index in [2.05, 4.69) is 12.2 Å². The van der Waals surface area contributed by atoms with Crippen LogP contribution in [-0.4, -0.2) is 35.5 Å². The largest absolute Gasteiger partial charge is 0.363 e. The predicted octanol–water partition coefficient (Wildman–Crippen LogP) is 1.55. The molecule has 2 saturated heterocycles. The molecule has 0 aromatic heterocycles. The Labute approximate surface area is 121 Å². The molecule has 0 aliphatic carbocycles. The highest BCUT2D eigenvalue weighted by Gasteiger charge is 2.43. The van der Waals surface area contributed by atoms with Crippen LogP contribution >= 0.6 is 0 Å². The molecule has 3 rings (SSSR count). The zero-order chi connectivity index (χ0) is 15.1. The molecule has 3 atom stereocenters. The molecule has 2 aliphatic rings. The standard InChI is InChI=1S/C13H16N4O4/c1-8-11-6-14-5-9(11)7-15(8)12-3-2-10(16(18)19)4-13(12)17(20)21/h2-4,8-9,11,14H,5-7H2,1H3. The van der Waals surface area contributed by atoms with Crippen LogP contribution in [0.15, 0.2) is 18.2 Å². The first-order chi connectivity index (χ1) is 9.99. The summed E-state index contributed by atoms with van der Waals surface area (Å²) in [5.41, 5.74) is 0.0376. The van der Waals surface area contributed by atoms with Gasteiger partial charge in [0, 0.05) is 31.7 Å². The molecule has 3 unspecified atom stereocenters. The summed E-state index contributed by atoms with van der Waals surface area (Å²) in [6, 6.07) is 4.07. The van der Waals surface area contributed by atoms with E-state index in [0.29, 0.717) is 17.5 Å². The van der Waals surface area contributed by atoms with Gasteiger partial charge < -0.3 is 10.2 Å². The summed E-state index contributed by atoms with van der Waals surface area (Å²) in [5.74, 6) is 0.953. The average molecular weight is 292 g/mol. The quantitative estimate of drug-likeness (QED) is 0.670. The molecule has 8 heteroatoms. The van der Waals surface area contributed by atoms with Gasteiger partial charge >= 0.3 is 0 Å². The van der Waals surface area contributed by atoms with Crippen LogP contribution in [-0.2, 0) is 0 Å². The van der Waals surface area contributed by atoms with Crippen molar-refractivity contribution in [1.29, 1.82) is 0 Å². The third-order valence-electron chi connectivity index (χ3n) is 4.61. The van der Waals surface area contributed by atoms with Crippen molar-refractivity contribution in [3.63, 3.8) is 0 Å². The van der Waals surface area contributed by atoms with Crippen molar-refractivity contribution in [2.75, 3.05) is 24.5 Å². The molecular formula is C13H16N4O4. The SMILES string of the molecule is CC1C2CNCC2CN1c1ccc([N+](=O)[O-])cc1[N+](=O)[O-]. The maximum absolute atomic E-state index is 11.3. The molecule has 2 aliphatic heterocycles. The smallest absolute Gasteiger partial charge is 0.299 e. The van der Waals surface area contributed by atoms with Gasteiger partial charge in [0.2, 0.25) is 0 Å². The van der Waals surface area contributed by atoms with Crippen LogP contribution in [0.5, 0.6) is 0 Å². The van der Waals surface area contributed by atoms with Crippen LogP contribution < -0.4 is 10.2 Å². The lowest BCUT2D eigenvalue weighted by Crippen LogP contribution is -2.33. The lowest BCUT2D eigenvalue weighted by molar-refractivity contribution is -0.393. The number of fused-ring (bicyclic) bond motifs is 1. The topological polar surface area (TPSA) is 102 Å². The Morgan fingerprint density at radius 1 is 1.24 bits per heavy atom. The van der Waals surface area contributed by atoms with E-state index in [0.717, 1.165) is 25.7 Å². The summed E-state index contributed by atoms with van der Waals surface area (Å²) in [7, 11) is 0. The molecular weight excluding hydrogens is 276 g/mol. The van der Waals surface area contributed by atoms with Gasteiger partial charge in [0.25, 0.3) is 11.4 Å². The molecule has 2 heterocycles. The predicted molar refractivity (Wildman–Crippen MR) is 76.4 cm³/mol. The van der Waals surface area contributed by atoms with Gasteiger partial charge in [-0.25, -0.2) is 0 Å². The van der Waals surface area contributed by atoms with Crippen molar-refractivity contribution in [2.45, 2.75) is 13.0 Å². The maximum Gasteiger partial charge on any atom is 0.299 e. The first kappa shape index (κ1) is 13.7. The highest BCUT2D eigenvalue weighted by molar-refractivity contribution is 5.68. The first-order valence-electron chi connectivity index (χ1n) is 6.89. The molecule has 21 heavy (non-hydrogen) atoms. The van der Waals surface area contributed by atoms with Crippen LogP contribution in [0.2, 0.25) is 0 Å². The van der Waals surface area contributed by atoms with Crippen molar-refractivity contribution < 1.29 is 9.85 Å². The molecule has 0 radical (unpaired) electrons. The van der Waals surface area contributed by atoms with Crippen LogP contribution in [0, 0.1) is 32.1 Å². The molecule has 0 amide bonds. The second-order valence-corrected chi connectivity index (χ2v) is 5.66. The second-order valence-electron chi connectivity index (χ2n) is 5.66. The number of benzene rings is 1. The van der Waals surface area contributed by atoms with Crippen molar-refractivity contribution in [3.8, 4) is 0 Å². The lowest BCUT2D eigenvalue weighted by Gasteiger charge is -2.26. The van der Waals surface area contributed by atoms with Gasteiger partial charge in [0.1, 0.15) is 5.69 Å². The summed E-state index contributed by atoms with van der Waals surface area (Å²) in [6.07, 6.45) is 0. The van der Waals surface area contributed by atoms with Gasteiger partial charge in [-0.2, -0.15) is 0 Å². The number of hydrogen-bond acceptors (Lipinski definition) is 6. The minimum Gasteiger partial charge on any atom is -0.363 e. The van der Waals surface area contributed by atoms with E-state index in [1.54, 1.807) is 0 Å². The van der Waals surface area contributed by atoms with Crippen molar-refractivity contribution in [3.05, 3.63) is 38.4 Å². The van der Waals surface area contributed by atoms with Crippen molar-refractivity contribution in [2.24, 2.45) is 11.8 Å². The van der Waals surface area contributed by atoms with E-state index in [-0.39, 0.29) is 17.4 Å². The van der Waals surface area contributed by atoms with Crippen LogP contribution in [0.25, 0.3) is 0 Å². The Morgan fingerprint density at radius 3 is 2.62 bits per heavy atom. The number of hydrogen-bond donors (Lipinski definition) is 1. The average Bonchev–Trinajstić information content (AvgIpc) is 3.01. The molecule has 2 fully saturated rings. The molecule has 0 spiro atoms. The van der Waals surface area contributed by atoms with Gasteiger partial charge in [-0.3, -0.25) is 20.2 Å². The van der Waals surface area contributed by atoms with Gasteiger partial charge in [-0.1, -0.05) is 0 Å². The van der Waals surface area contributed by atoms with Gasteiger partial charge in [-0.05, 0) is 24.8 Å². The Balaban J connectivity index is 1.98. The Hall–Kier alpha value is -2.22. The normalized spacial score (nSPS) is 27.7. The maximum atomic E-state index is 11.3. The van der Waals surface area contributed by atoms with E-state index in [1.807, 2.05) is 4.90 Å². The number of nitro benzene ring substituents is 2. The molecule has 1 aromatic rings. The van der Waals surface area contributed by atoms with Crippen LogP contribution in [0.1, 0.15) is 6.92 Å². The second kappa shape index (κ2) is 4.96. The highest BCUT2D eigenvalue weighted by atomic mass is 16.6. The van der Waals surface area contributed by atoms with E-state index >= 15 is 0 Å². The van der Waals surface area contributed by atoms with E-state index in [4.69, 9.17) is 0 Å². The summed E-state index contributed by atoms with van der Waals surface area (Å²) < 4.78 is 0. The van der Waals surface area contributed by atoms with Crippen LogP contribution in [0.3, 0.4) is 0 Å². The number of non-ortho nitro benzene ring substituents is 1. The number of anilines is 1. The number of nitro groups is 2. The molecule has 1 aromatic carbocycles. The zero-order valence-electron chi connectivity index (χ0n) is 11.6. The fourth-order valence-electron chi connectivity index (χ4n) is 3.50. The summed E-state index contributed by atoms with van der Waals surface area (Å²) in [4.78, 5) is 22.9. The fraction of sp³-hybridized carbons (Fsp3) is 0.538. The molecule has 112 valence electrons. The monoisotopic (exact) mass is 292 g/mol. The van der Waals surface area contributed by atoms with Crippen molar-refractivity contribution >= 4 is 17.1 Å². The number of rotatable bonds is 3. The van der Waals surface area contributed by atoms with Crippen LogP contribution in [0.4, 0.5) is 17.1 Å². The third-order valence-corrected chi connectivity index (χ3v) is 4.61. The minimum atomic E-state index is -0.608. The van der Waals surface area contributed by atoms with Gasteiger partial charge in [-0.15, -0.1) is 0 Å². The molecule has 0 saturated carbocycles. The zero-order valence-corrected chi connectivity index (χ0v) is 11.6. The van der Waals surface area contributed by atoms with Gasteiger partial charge in [0.05, 0.1) is 15.9 Å². The molecule has 8 nitrogen and oxygen atoms in total. The first-order valence-corrected chi connectivity index (χ1v) is 6.89. The Morgan fingerprint density at radius 2 is 2.00 bits per heavy atom. The van der Waals surface area contributed by atoms with E-state index < -0.39 is 9.85 Å². The Kier molecular flexibility index (Phi) is 3.25. The Bertz CT molecular complexity index is 606. The summed E-state index contributed by atoms with van der Waals surface area (Å²) in [6.45, 7) is 4.65. The third kappa shape index (κ3) is 2.21. The lowest BCUT2D eigenvalue weighted by atomic mass is 9.95. The van der Waals surface area contributed by atoms with E-state index in [1.165, 1.54) is 12.1 Å². The van der Waals surface area contributed by atoms with Crippen molar-refractivity contribution in [1.82, 2.24) is 5.32 Å². The number of nitrogens with one attached hydrogen (secondary N) is 1. The minimum absolute atomic E-state index is 0.185. The fourth-order valence-corrected chi connectivity index (χ4v) is 3.50. The van der Waals surface area contributed by atoms with Gasteiger partial charge in [0.15, 0.2) is 0 Å². The number of nitrogens with zero attached hydrogens (tertiary/aromatic N) is 3. The summed E-state index contributed by atoms with van der Waals surface area (Å²) >= 11 is 0.